The maximum absolute atomic E-state index is 14.8. The van der Waals surface area contributed by atoms with Crippen LogP contribution in [-0.4, -0.2) is 65.2 Å². The molecule has 232 valence electrons. The predicted octanol–water partition coefficient (Wildman–Crippen LogP) is 4.46. The van der Waals surface area contributed by atoms with Crippen molar-refractivity contribution in [2.24, 2.45) is 10.9 Å². The standard InChI is InChI=1S/C29H25F5N4O6/c1-15-19(12-44-37-15)21(27(41)42)17(10-11-29(32,33)34)25(39)36-24-26(40)38-13-28(30,31)14-43-20-9-5-8-18(23(20)38)22(35-24)16-6-3-2-4-7-16/h2-9,12,17,21,24H,10-11,13-14H2,1H3,(H,36,39)(H,41,42). The Morgan fingerprint density at radius 3 is 2.52 bits per heavy atom. The van der Waals surface area contributed by atoms with Gasteiger partial charge >= 0.3 is 12.1 Å². The molecule has 2 amide bonds. The van der Waals surface area contributed by atoms with Gasteiger partial charge in [0.05, 0.1) is 35.5 Å². The van der Waals surface area contributed by atoms with Crippen molar-refractivity contribution < 1.29 is 50.7 Å². The van der Waals surface area contributed by atoms with E-state index in [1.54, 1.807) is 30.3 Å². The molecule has 0 bridgehead atoms. The average molecular weight is 621 g/mol. The van der Waals surface area contributed by atoms with E-state index >= 15 is 0 Å². The van der Waals surface area contributed by atoms with Gasteiger partial charge in [0.2, 0.25) is 12.1 Å². The summed E-state index contributed by atoms with van der Waals surface area (Å²) < 4.78 is 79.7. The third kappa shape index (κ3) is 6.26. The summed E-state index contributed by atoms with van der Waals surface area (Å²) in [5.74, 6) is -11.3. The molecule has 3 atom stereocenters. The van der Waals surface area contributed by atoms with Crippen molar-refractivity contribution >= 4 is 29.2 Å². The molecule has 5 rings (SSSR count). The van der Waals surface area contributed by atoms with E-state index in [0.29, 0.717) is 5.56 Å². The van der Waals surface area contributed by atoms with Crippen molar-refractivity contribution in [3.8, 4) is 5.75 Å². The van der Waals surface area contributed by atoms with E-state index in [1.165, 1.54) is 25.1 Å². The Balaban J connectivity index is 1.60. The van der Waals surface area contributed by atoms with Gasteiger partial charge in [-0.05, 0) is 19.4 Å². The summed E-state index contributed by atoms with van der Waals surface area (Å²) in [7, 11) is 0. The molecule has 1 aromatic heterocycles. The number of carbonyl (C=O) groups is 3. The monoisotopic (exact) mass is 620 g/mol. The minimum atomic E-state index is -4.75. The number of halogens is 5. The Morgan fingerprint density at radius 2 is 1.89 bits per heavy atom. The maximum Gasteiger partial charge on any atom is 0.389 e. The third-order valence-corrected chi connectivity index (χ3v) is 7.30. The van der Waals surface area contributed by atoms with Crippen LogP contribution in [0.5, 0.6) is 5.75 Å². The topological polar surface area (TPSA) is 134 Å². The molecular weight excluding hydrogens is 595 g/mol. The summed E-state index contributed by atoms with van der Waals surface area (Å²) >= 11 is 0. The minimum Gasteiger partial charge on any atom is -0.485 e. The summed E-state index contributed by atoms with van der Waals surface area (Å²) in [6.07, 6.45) is -8.26. The predicted molar refractivity (Wildman–Crippen MR) is 144 cm³/mol. The molecule has 0 aliphatic carbocycles. The van der Waals surface area contributed by atoms with Crippen LogP contribution in [0.3, 0.4) is 0 Å². The van der Waals surface area contributed by atoms with Crippen LogP contribution >= 0.6 is 0 Å². The first kappa shape index (κ1) is 30.6. The number of benzene rings is 2. The minimum absolute atomic E-state index is 0.0221. The average Bonchev–Trinajstić information content (AvgIpc) is 3.27. The van der Waals surface area contributed by atoms with Gasteiger partial charge in [-0.2, -0.15) is 13.2 Å². The van der Waals surface area contributed by atoms with E-state index in [2.05, 4.69) is 15.5 Å². The highest BCUT2D eigenvalue weighted by Crippen LogP contribution is 2.41. The third-order valence-electron chi connectivity index (χ3n) is 7.30. The number of aliphatic imine (C=N–C) groups is 1. The lowest BCUT2D eigenvalue weighted by Gasteiger charge is -2.28. The SMILES string of the molecule is Cc1nocc1C(C(=O)O)C(CCC(F)(F)F)C(=O)NC1N=C(c2ccccc2)c2cccc3c2N(CC(F)(F)CO3)C1=O. The van der Waals surface area contributed by atoms with Crippen molar-refractivity contribution in [2.75, 3.05) is 18.1 Å². The van der Waals surface area contributed by atoms with Gasteiger partial charge in [-0.3, -0.25) is 19.3 Å². The van der Waals surface area contributed by atoms with Gasteiger partial charge in [-0.1, -0.05) is 47.6 Å². The fourth-order valence-corrected chi connectivity index (χ4v) is 5.29. The highest BCUT2D eigenvalue weighted by Gasteiger charge is 2.46. The number of carboxylic acid groups (broad SMARTS) is 1. The Kier molecular flexibility index (Phi) is 8.14. The second-order valence-corrected chi connectivity index (χ2v) is 10.4. The van der Waals surface area contributed by atoms with Crippen LogP contribution in [0.25, 0.3) is 0 Å². The second kappa shape index (κ2) is 11.7. The fourth-order valence-electron chi connectivity index (χ4n) is 5.29. The van der Waals surface area contributed by atoms with Crippen molar-refractivity contribution in [3.05, 3.63) is 77.2 Å². The molecule has 3 aromatic rings. The Hall–Kier alpha value is -4.82. The number of anilines is 1. The van der Waals surface area contributed by atoms with Gasteiger partial charge in [0.25, 0.3) is 11.8 Å². The number of hydrogen-bond donors (Lipinski definition) is 2. The molecule has 10 nitrogen and oxygen atoms in total. The number of carbonyl (C=O) groups excluding carboxylic acids is 2. The number of nitrogens with zero attached hydrogens (tertiary/aromatic N) is 3. The van der Waals surface area contributed by atoms with E-state index in [-0.39, 0.29) is 34.0 Å². The molecule has 0 saturated heterocycles. The zero-order chi connectivity index (χ0) is 31.8. The summed E-state index contributed by atoms with van der Waals surface area (Å²) in [4.78, 5) is 45.1. The first-order valence-corrected chi connectivity index (χ1v) is 13.3. The number of para-hydroxylation sites is 1. The Morgan fingerprint density at radius 1 is 1.16 bits per heavy atom. The van der Waals surface area contributed by atoms with Crippen LogP contribution in [0, 0.1) is 12.8 Å². The number of nitrogens with one attached hydrogen (secondary N) is 1. The normalized spacial score (nSPS) is 19.0. The summed E-state index contributed by atoms with van der Waals surface area (Å²) in [5, 5.41) is 15.9. The van der Waals surface area contributed by atoms with E-state index in [9.17, 15) is 41.4 Å². The lowest BCUT2D eigenvalue weighted by molar-refractivity contribution is -0.150. The van der Waals surface area contributed by atoms with Gasteiger partial charge in [-0.15, -0.1) is 0 Å². The molecular formula is C29H25F5N4O6. The van der Waals surface area contributed by atoms with Crippen molar-refractivity contribution in [1.82, 2.24) is 10.5 Å². The first-order chi connectivity index (χ1) is 20.8. The highest BCUT2D eigenvalue weighted by atomic mass is 19.4. The lowest BCUT2D eigenvalue weighted by atomic mass is 9.82. The van der Waals surface area contributed by atoms with Gasteiger partial charge in [0.15, 0.2) is 6.61 Å². The van der Waals surface area contributed by atoms with Gasteiger partial charge in [0.1, 0.15) is 12.0 Å². The highest BCUT2D eigenvalue weighted by molar-refractivity contribution is 6.21. The Labute approximate surface area is 246 Å². The Bertz CT molecular complexity index is 1610. The maximum atomic E-state index is 14.8. The van der Waals surface area contributed by atoms with Crippen LogP contribution in [-0.2, 0) is 14.4 Å². The van der Waals surface area contributed by atoms with Gasteiger partial charge in [0, 0.05) is 23.1 Å². The van der Waals surface area contributed by atoms with Gasteiger partial charge in [-0.25, -0.2) is 13.8 Å². The van der Waals surface area contributed by atoms with Crippen LogP contribution in [0.1, 0.15) is 41.1 Å². The van der Waals surface area contributed by atoms with E-state index in [1.807, 2.05) is 0 Å². The molecule has 0 spiro atoms. The summed E-state index contributed by atoms with van der Waals surface area (Å²) in [6, 6.07) is 12.7. The van der Waals surface area contributed by atoms with E-state index < -0.39 is 73.9 Å². The molecule has 2 aromatic carbocycles. The van der Waals surface area contributed by atoms with Crippen LogP contribution in [0.15, 0.2) is 64.3 Å². The molecule has 2 aliphatic rings. The molecule has 0 saturated carbocycles. The van der Waals surface area contributed by atoms with Crippen LogP contribution in [0.4, 0.5) is 27.6 Å². The molecule has 2 aliphatic heterocycles. The van der Waals surface area contributed by atoms with Crippen molar-refractivity contribution in [3.63, 3.8) is 0 Å². The van der Waals surface area contributed by atoms with Crippen LogP contribution < -0.4 is 15.0 Å². The smallest absolute Gasteiger partial charge is 0.389 e. The first-order valence-electron chi connectivity index (χ1n) is 13.3. The molecule has 15 heteroatoms. The lowest BCUT2D eigenvalue weighted by Crippen LogP contribution is -2.52. The molecule has 2 N–H and O–H groups in total. The number of carboxylic acids is 1. The number of ether oxygens (including phenoxy) is 1. The number of amides is 2. The number of aliphatic carboxylic acids is 1. The van der Waals surface area contributed by atoms with Crippen molar-refractivity contribution in [2.45, 2.75) is 43.9 Å². The molecule has 3 unspecified atom stereocenters. The molecule has 0 radical (unpaired) electrons. The van der Waals surface area contributed by atoms with E-state index in [4.69, 9.17) is 9.26 Å². The fraction of sp³-hybridized carbons (Fsp3) is 0.345. The summed E-state index contributed by atoms with van der Waals surface area (Å²) in [5.41, 5.74) is 0.644. The summed E-state index contributed by atoms with van der Waals surface area (Å²) in [6.45, 7) is -0.829. The zero-order valence-electron chi connectivity index (χ0n) is 23.0. The van der Waals surface area contributed by atoms with E-state index in [0.717, 1.165) is 11.2 Å². The zero-order valence-corrected chi connectivity index (χ0v) is 23.0. The number of hydrogen-bond acceptors (Lipinski definition) is 7. The largest absolute Gasteiger partial charge is 0.485 e. The number of alkyl halides is 5. The number of aryl methyl sites for hydroxylation is 1. The van der Waals surface area contributed by atoms with Crippen molar-refractivity contribution in [1.29, 1.82) is 0 Å². The quantitative estimate of drug-likeness (QED) is 0.355. The second-order valence-electron chi connectivity index (χ2n) is 10.4. The molecule has 0 fully saturated rings. The molecule has 44 heavy (non-hydrogen) atoms. The van der Waals surface area contributed by atoms with Crippen LogP contribution in [0.2, 0.25) is 0 Å². The van der Waals surface area contributed by atoms with Gasteiger partial charge < -0.3 is 19.7 Å². The molecule has 3 heterocycles. The number of rotatable bonds is 8. The number of aromatic nitrogens is 1.